The molecule has 5 nitrogen and oxygen atoms in total. The van der Waals surface area contributed by atoms with Crippen molar-refractivity contribution in [1.82, 2.24) is 0 Å². The lowest BCUT2D eigenvalue weighted by Gasteiger charge is -2.32. The van der Waals surface area contributed by atoms with Crippen LogP contribution >= 0.6 is 0 Å². The average molecular weight is 242 g/mol. The molecule has 0 fully saturated rings. The first-order valence-corrected chi connectivity index (χ1v) is 5.55. The summed E-state index contributed by atoms with van der Waals surface area (Å²) in [5, 5.41) is 9.06. The van der Waals surface area contributed by atoms with Gasteiger partial charge in [0.2, 0.25) is 0 Å². The molecule has 0 bridgehead atoms. The summed E-state index contributed by atoms with van der Waals surface area (Å²) in [6.45, 7) is 4.55. The molecule has 0 saturated heterocycles. The van der Waals surface area contributed by atoms with Crippen molar-refractivity contribution in [3.05, 3.63) is 23.5 Å². The zero-order valence-corrected chi connectivity index (χ0v) is 10.4. The summed E-state index contributed by atoms with van der Waals surface area (Å²) in [6, 6.07) is 0. The van der Waals surface area contributed by atoms with E-state index < -0.39 is 11.8 Å². The molecule has 0 aliphatic heterocycles. The van der Waals surface area contributed by atoms with Crippen LogP contribution in [-0.2, 0) is 19.0 Å². The number of methoxy groups -OCH3 is 1. The number of carboxylic acids is 1. The van der Waals surface area contributed by atoms with E-state index in [1.165, 1.54) is 13.2 Å². The van der Waals surface area contributed by atoms with Gasteiger partial charge in [-0.25, -0.2) is 4.79 Å². The molecule has 0 saturated carbocycles. The molecule has 0 heterocycles. The van der Waals surface area contributed by atoms with E-state index in [4.69, 9.17) is 19.3 Å². The summed E-state index contributed by atoms with van der Waals surface area (Å²) in [5.41, 5.74) is 0.214. The second-order valence-corrected chi connectivity index (χ2v) is 3.58. The Hall–Kier alpha value is -1.33. The average Bonchev–Trinajstić information content (AvgIpc) is 2.29. The summed E-state index contributed by atoms with van der Waals surface area (Å²) in [4.78, 5) is 11.0. The van der Waals surface area contributed by atoms with Gasteiger partial charge in [-0.2, -0.15) is 0 Å². The highest BCUT2D eigenvalue weighted by atomic mass is 16.7. The Morgan fingerprint density at radius 2 is 2.18 bits per heavy atom. The Bertz CT molecular complexity index is 345. The third kappa shape index (κ3) is 3.31. The molecule has 0 aromatic rings. The summed E-state index contributed by atoms with van der Waals surface area (Å²) in [6.07, 6.45) is 3.35. The molecule has 1 N–H and O–H groups in total. The van der Waals surface area contributed by atoms with Gasteiger partial charge in [-0.3, -0.25) is 0 Å². The van der Waals surface area contributed by atoms with E-state index in [9.17, 15) is 4.79 Å². The van der Waals surface area contributed by atoms with Gasteiger partial charge in [0.25, 0.3) is 0 Å². The van der Waals surface area contributed by atoms with Gasteiger partial charge in [0.15, 0.2) is 5.79 Å². The predicted octanol–water partition coefficient (Wildman–Crippen LogP) is 1.70. The molecule has 1 rings (SSSR count). The molecular weight excluding hydrogens is 224 g/mol. The van der Waals surface area contributed by atoms with Gasteiger partial charge in [0.05, 0.1) is 6.61 Å². The first-order chi connectivity index (χ1) is 8.06. The van der Waals surface area contributed by atoms with Crippen LogP contribution in [-0.4, -0.2) is 37.2 Å². The van der Waals surface area contributed by atoms with Crippen LogP contribution in [0.25, 0.3) is 0 Å². The molecule has 1 aliphatic carbocycles. The molecule has 17 heavy (non-hydrogen) atoms. The first kappa shape index (κ1) is 13.7. The Balaban J connectivity index is 3.03. The Labute approximate surface area is 101 Å². The third-order valence-corrected chi connectivity index (χ3v) is 2.44. The second kappa shape index (κ2) is 5.84. The summed E-state index contributed by atoms with van der Waals surface area (Å²) >= 11 is 0. The molecule has 0 amide bonds. The van der Waals surface area contributed by atoms with Crippen molar-refractivity contribution >= 4 is 5.97 Å². The smallest absolute Gasteiger partial charge is 0.331 e. The molecule has 0 aromatic heterocycles. The largest absolute Gasteiger partial charge is 0.494 e. The highest BCUT2D eigenvalue weighted by Crippen LogP contribution is 2.31. The number of hydrogen-bond acceptors (Lipinski definition) is 4. The van der Waals surface area contributed by atoms with E-state index in [-0.39, 0.29) is 12.0 Å². The van der Waals surface area contributed by atoms with Gasteiger partial charge >= 0.3 is 5.97 Å². The van der Waals surface area contributed by atoms with Crippen molar-refractivity contribution in [2.24, 2.45) is 0 Å². The molecule has 0 radical (unpaired) electrons. The number of carboxylic acid groups (broad SMARTS) is 1. The molecule has 5 heteroatoms. The summed E-state index contributed by atoms with van der Waals surface area (Å²) in [5.74, 6) is -1.57. The summed E-state index contributed by atoms with van der Waals surface area (Å²) < 4.78 is 16.1. The number of allylic oxidation sites excluding steroid dienone is 1. The van der Waals surface area contributed by atoms with Gasteiger partial charge in [-0.15, -0.1) is 0 Å². The SMILES string of the molecule is CCOC1=CC(OC)(OCC)CC(C(=O)O)=C1. The monoisotopic (exact) mass is 242 g/mol. The zero-order valence-electron chi connectivity index (χ0n) is 10.4. The maximum absolute atomic E-state index is 11.0. The van der Waals surface area contributed by atoms with E-state index >= 15 is 0 Å². The van der Waals surface area contributed by atoms with Crippen LogP contribution in [0.1, 0.15) is 20.3 Å². The fourth-order valence-electron chi connectivity index (χ4n) is 1.71. The van der Waals surface area contributed by atoms with Gasteiger partial charge in [-0.1, -0.05) is 0 Å². The fraction of sp³-hybridized carbons (Fsp3) is 0.583. The van der Waals surface area contributed by atoms with E-state index in [2.05, 4.69) is 0 Å². The number of ether oxygens (including phenoxy) is 3. The van der Waals surface area contributed by atoms with Crippen LogP contribution in [0.4, 0.5) is 0 Å². The first-order valence-electron chi connectivity index (χ1n) is 5.55. The standard InChI is InChI=1S/C12H18O5/c1-4-16-10-6-9(11(13)14)7-12(8-10,15-3)17-5-2/h6,8H,4-5,7H2,1-3H3,(H,13,14). The molecule has 1 aliphatic rings. The third-order valence-electron chi connectivity index (χ3n) is 2.44. The van der Waals surface area contributed by atoms with Crippen LogP contribution in [0, 0.1) is 0 Å². The van der Waals surface area contributed by atoms with Gasteiger partial charge in [0.1, 0.15) is 5.76 Å². The maximum Gasteiger partial charge on any atom is 0.331 e. The van der Waals surface area contributed by atoms with E-state index in [1.54, 1.807) is 6.08 Å². The lowest BCUT2D eigenvalue weighted by Crippen LogP contribution is -2.36. The topological polar surface area (TPSA) is 65.0 Å². The van der Waals surface area contributed by atoms with Crippen molar-refractivity contribution in [3.8, 4) is 0 Å². The molecule has 96 valence electrons. The normalized spacial score (nSPS) is 23.9. The molecule has 0 spiro atoms. The van der Waals surface area contributed by atoms with Crippen LogP contribution in [0.2, 0.25) is 0 Å². The van der Waals surface area contributed by atoms with Crippen molar-refractivity contribution in [2.45, 2.75) is 26.1 Å². The molecule has 1 unspecified atom stereocenters. The predicted molar refractivity (Wildman–Crippen MR) is 61.4 cm³/mol. The number of aliphatic carboxylic acids is 1. The van der Waals surface area contributed by atoms with E-state index in [0.29, 0.717) is 19.0 Å². The van der Waals surface area contributed by atoms with Crippen LogP contribution in [0.3, 0.4) is 0 Å². The quantitative estimate of drug-likeness (QED) is 0.718. The molecule has 1 atom stereocenters. The minimum Gasteiger partial charge on any atom is -0.494 e. The maximum atomic E-state index is 11.0. The minimum atomic E-state index is -1.04. The molecular formula is C12H18O5. The fourth-order valence-corrected chi connectivity index (χ4v) is 1.71. The number of hydrogen-bond donors (Lipinski definition) is 1. The van der Waals surface area contributed by atoms with Crippen molar-refractivity contribution < 1.29 is 24.1 Å². The zero-order chi connectivity index (χ0) is 12.9. The van der Waals surface area contributed by atoms with Crippen LogP contribution in [0.15, 0.2) is 23.5 Å². The van der Waals surface area contributed by atoms with E-state index in [0.717, 1.165) is 0 Å². The lowest BCUT2D eigenvalue weighted by molar-refractivity contribution is -0.188. The van der Waals surface area contributed by atoms with Gasteiger partial charge < -0.3 is 19.3 Å². The Morgan fingerprint density at radius 1 is 1.47 bits per heavy atom. The summed E-state index contributed by atoms with van der Waals surface area (Å²) in [7, 11) is 1.49. The van der Waals surface area contributed by atoms with E-state index in [1.807, 2.05) is 13.8 Å². The van der Waals surface area contributed by atoms with Gasteiger partial charge in [0, 0.05) is 31.8 Å². The van der Waals surface area contributed by atoms with Crippen molar-refractivity contribution in [2.75, 3.05) is 20.3 Å². The lowest BCUT2D eigenvalue weighted by atomic mass is 9.98. The van der Waals surface area contributed by atoms with Crippen LogP contribution in [0.5, 0.6) is 0 Å². The van der Waals surface area contributed by atoms with Crippen LogP contribution < -0.4 is 0 Å². The Kier molecular flexibility index (Phi) is 4.72. The second-order valence-electron chi connectivity index (χ2n) is 3.58. The van der Waals surface area contributed by atoms with Crippen molar-refractivity contribution in [1.29, 1.82) is 0 Å². The highest BCUT2D eigenvalue weighted by Gasteiger charge is 2.35. The molecule has 0 aromatic carbocycles. The highest BCUT2D eigenvalue weighted by molar-refractivity contribution is 5.87. The number of rotatable bonds is 6. The number of carbonyl (C=O) groups is 1. The van der Waals surface area contributed by atoms with Gasteiger partial charge in [-0.05, 0) is 19.9 Å². The minimum absolute atomic E-state index is 0.170. The van der Waals surface area contributed by atoms with Crippen molar-refractivity contribution in [3.63, 3.8) is 0 Å². The Morgan fingerprint density at radius 3 is 2.65 bits per heavy atom.